The van der Waals surface area contributed by atoms with Crippen molar-refractivity contribution < 1.29 is 9.13 Å². The summed E-state index contributed by atoms with van der Waals surface area (Å²) in [5, 5.41) is 0.530. The molecule has 0 amide bonds. The van der Waals surface area contributed by atoms with Crippen molar-refractivity contribution in [3.8, 4) is 17.0 Å². The van der Waals surface area contributed by atoms with Crippen molar-refractivity contribution in [1.82, 2.24) is 9.97 Å². The van der Waals surface area contributed by atoms with Crippen LogP contribution < -0.4 is 16.2 Å². The van der Waals surface area contributed by atoms with E-state index in [1.54, 1.807) is 12.3 Å². The standard InChI is InChI=1S/C22H23ClFN3O.C2H5N.C2H6/c1-4-28-22-13(2)10-19(18(12-25)15-6-5-7-16(24)11-15)27-21(22)17-8-9-26-14(3)20(17)23;1-2-3;1-2/h5-11,18H,4,12,25H2,1-3H3;2H,1,3H2;1-2H3. The molecule has 5 nitrogen and oxygen atoms in total. The molecule has 1 atom stereocenters. The van der Waals surface area contributed by atoms with Gasteiger partial charge in [0.2, 0.25) is 0 Å². The van der Waals surface area contributed by atoms with Gasteiger partial charge in [-0.1, -0.05) is 44.2 Å². The van der Waals surface area contributed by atoms with Crippen molar-refractivity contribution in [3.05, 3.63) is 88.7 Å². The molecule has 0 spiro atoms. The molecule has 0 aliphatic heterocycles. The van der Waals surface area contributed by atoms with Gasteiger partial charge in [-0.3, -0.25) is 4.98 Å². The highest BCUT2D eigenvalue weighted by Crippen LogP contribution is 2.38. The van der Waals surface area contributed by atoms with Crippen LogP contribution in [0.5, 0.6) is 5.75 Å². The Bertz CT molecular complexity index is 1040. The monoisotopic (exact) mass is 472 g/mol. The number of benzene rings is 1. The van der Waals surface area contributed by atoms with Crippen molar-refractivity contribution in [3.63, 3.8) is 0 Å². The van der Waals surface area contributed by atoms with Crippen LogP contribution in [0.4, 0.5) is 4.39 Å². The summed E-state index contributed by atoms with van der Waals surface area (Å²) in [5.41, 5.74) is 15.2. The summed E-state index contributed by atoms with van der Waals surface area (Å²) in [4.78, 5) is 9.09. The maximum atomic E-state index is 13.8. The zero-order chi connectivity index (χ0) is 25.0. The van der Waals surface area contributed by atoms with Crippen molar-refractivity contribution >= 4 is 11.6 Å². The third-order valence-corrected chi connectivity index (χ3v) is 5.11. The van der Waals surface area contributed by atoms with Gasteiger partial charge < -0.3 is 16.2 Å². The van der Waals surface area contributed by atoms with Gasteiger partial charge in [-0.05, 0) is 62.4 Å². The largest absolute Gasteiger partial charge is 0.491 e. The molecule has 178 valence electrons. The first-order chi connectivity index (χ1) is 15.9. The SMILES string of the molecule is C=CN.CC.CCOc1c(C)cc(C(CN)c2cccc(F)c2)nc1-c1ccnc(C)c1Cl. The molecule has 2 heterocycles. The first-order valence-electron chi connectivity index (χ1n) is 10.9. The first kappa shape index (κ1) is 28.1. The highest BCUT2D eigenvalue weighted by molar-refractivity contribution is 6.33. The molecule has 0 aliphatic rings. The number of aromatic nitrogens is 2. The molecule has 0 saturated heterocycles. The van der Waals surface area contributed by atoms with Crippen LogP contribution in [0, 0.1) is 19.7 Å². The number of ether oxygens (including phenoxy) is 1. The van der Waals surface area contributed by atoms with Crippen LogP contribution in [0.25, 0.3) is 11.3 Å². The molecule has 3 rings (SSSR count). The van der Waals surface area contributed by atoms with E-state index in [4.69, 9.17) is 27.1 Å². The van der Waals surface area contributed by atoms with Gasteiger partial charge in [0.15, 0.2) is 0 Å². The third kappa shape index (κ3) is 7.27. The Labute approximate surface area is 201 Å². The van der Waals surface area contributed by atoms with Crippen molar-refractivity contribution in [1.29, 1.82) is 0 Å². The third-order valence-electron chi connectivity index (χ3n) is 4.63. The van der Waals surface area contributed by atoms with Crippen LogP contribution in [0.2, 0.25) is 5.02 Å². The van der Waals surface area contributed by atoms with Crippen LogP contribution in [0.3, 0.4) is 0 Å². The average Bonchev–Trinajstić information content (AvgIpc) is 2.80. The van der Waals surface area contributed by atoms with E-state index in [0.717, 1.165) is 22.4 Å². The molecule has 0 saturated carbocycles. The molecule has 0 fully saturated rings. The quantitative estimate of drug-likeness (QED) is 0.448. The van der Waals surface area contributed by atoms with E-state index in [9.17, 15) is 4.39 Å². The van der Waals surface area contributed by atoms with E-state index < -0.39 is 0 Å². The second-order valence-corrected chi connectivity index (χ2v) is 7.19. The minimum atomic E-state index is -0.299. The van der Waals surface area contributed by atoms with E-state index >= 15 is 0 Å². The predicted octanol–water partition coefficient (Wildman–Crippen LogP) is 6.16. The summed E-state index contributed by atoms with van der Waals surface area (Å²) in [7, 11) is 0. The van der Waals surface area contributed by atoms with Gasteiger partial charge in [0, 0.05) is 24.2 Å². The molecule has 4 N–H and O–H groups in total. The molecular weight excluding hydrogens is 439 g/mol. The minimum absolute atomic E-state index is 0.245. The molecule has 0 aliphatic carbocycles. The minimum Gasteiger partial charge on any atom is -0.491 e. The summed E-state index contributed by atoms with van der Waals surface area (Å²) in [6.45, 7) is 13.7. The van der Waals surface area contributed by atoms with Gasteiger partial charge in [0.1, 0.15) is 17.3 Å². The summed E-state index contributed by atoms with van der Waals surface area (Å²) in [5.74, 6) is 0.130. The zero-order valence-corrected chi connectivity index (χ0v) is 20.8. The van der Waals surface area contributed by atoms with E-state index in [0.29, 0.717) is 35.3 Å². The predicted molar refractivity (Wildman–Crippen MR) is 136 cm³/mol. The fraction of sp³-hybridized carbons (Fsp3) is 0.308. The summed E-state index contributed by atoms with van der Waals surface area (Å²) < 4.78 is 19.6. The highest BCUT2D eigenvalue weighted by atomic mass is 35.5. The lowest BCUT2D eigenvalue weighted by atomic mass is 9.93. The fourth-order valence-electron chi connectivity index (χ4n) is 3.26. The lowest BCUT2D eigenvalue weighted by Crippen LogP contribution is -2.16. The summed E-state index contributed by atoms with van der Waals surface area (Å²) >= 11 is 6.52. The highest BCUT2D eigenvalue weighted by Gasteiger charge is 2.21. The van der Waals surface area contributed by atoms with Crippen LogP contribution >= 0.6 is 11.6 Å². The second kappa shape index (κ2) is 14.2. The van der Waals surface area contributed by atoms with Crippen LogP contribution in [0.1, 0.15) is 49.2 Å². The number of pyridine rings is 2. The number of hydrogen-bond acceptors (Lipinski definition) is 5. The maximum absolute atomic E-state index is 13.8. The number of halogens is 2. The molecule has 0 bridgehead atoms. The maximum Gasteiger partial charge on any atom is 0.148 e. The van der Waals surface area contributed by atoms with Gasteiger partial charge in [-0.2, -0.15) is 0 Å². The molecule has 2 aromatic heterocycles. The average molecular weight is 473 g/mol. The Morgan fingerprint density at radius 3 is 2.45 bits per heavy atom. The molecule has 1 aromatic carbocycles. The fourth-order valence-corrected chi connectivity index (χ4v) is 3.46. The van der Waals surface area contributed by atoms with E-state index in [1.807, 2.05) is 52.8 Å². The molecule has 0 radical (unpaired) electrons. The van der Waals surface area contributed by atoms with Gasteiger partial charge in [0.25, 0.3) is 0 Å². The van der Waals surface area contributed by atoms with Gasteiger partial charge >= 0.3 is 0 Å². The molecule has 3 aromatic rings. The molecule has 1 unspecified atom stereocenters. The Balaban J connectivity index is 0.00000101. The Morgan fingerprint density at radius 1 is 1.21 bits per heavy atom. The summed E-state index contributed by atoms with van der Waals surface area (Å²) in [6, 6.07) is 10.2. The Kier molecular flexibility index (Phi) is 12.1. The van der Waals surface area contributed by atoms with E-state index in [-0.39, 0.29) is 11.7 Å². The van der Waals surface area contributed by atoms with Crippen LogP contribution in [-0.2, 0) is 0 Å². The number of nitrogens with two attached hydrogens (primary N) is 2. The lowest BCUT2D eigenvalue weighted by molar-refractivity contribution is 0.338. The van der Waals surface area contributed by atoms with Gasteiger partial charge in [-0.15, -0.1) is 0 Å². The second-order valence-electron chi connectivity index (χ2n) is 6.81. The summed E-state index contributed by atoms with van der Waals surface area (Å²) in [6.07, 6.45) is 2.95. The van der Waals surface area contributed by atoms with Crippen molar-refractivity contribution in [2.45, 2.75) is 40.5 Å². The number of hydrogen-bond donors (Lipinski definition) is 2. The van der Waals surface area contributed by atoms with Crippen LogP contribution in [0.15, 0.2) is 55.4 Å². The molecule has 7 heteroatoms. The van der Waals surface area contributed by atoms with E-state index in [1.165, 1.54) is 18.3 Å². The first-order valence-corrected chi connectivity index (χ1v) is 11.3. The topological polar surface area (TPSA) is 87.0 Å². The van der Waals surface area contributed by atoms with E-state index in [2.05, 4.69) is 17.3 Å². The molecule has 33 heavy (non-hydrogen) atoms. The number of rotatable bonds is 6. The normalized spacial score (nSPS) is 10.8. The van der Waals surface area contributed by atoms with Crippen molar-refractivity contribution in [2.75, 3.05) is 13.2 Å². The lowest BCUT2D eigenvalue weighted by Gasteiger charge is -2.20. The smallest absolute Gasteiger partial charge is 0.148 e. The zero-order valence-electron chi connectivity index (χ0n) is 20.0. The number of nitrogens with zero attached hydrogens (tertiary/aromatic N) is 2. The van der Waals surface area contributed by atoms with Gasteiger partial charge in [0.05, 0.1) is 23.0 Å². The van der Waals surface area contributed by atoms with Crippen LogP contribution in [-0.4, -0.2) is 23.1 Å². The number of aryl methyl sites for hydroxylation is 2. The van der Waals surface area contributed by atoms with Crippen molar-refractivity contribution in [2.24, 2.45) is 11.5 Å². The Morgan fingerprint density at radius 2 is 1.88 bits per heavy atom. The van der Waals surface area contributed by atoms with Gasteiger partial charge in [-0.25, -0.2) is 9.37 Å². The molecular formula is C26H34ClFN4O. The Hall–Kier alpha value is -2.96.